The Kier molecular flexibility index (Phi) is 6.66. The zero-order valence-corrected chi connectivity index (χ0v) is 31.8. The molecule has 5 nitrogen and oxygen atoms in total. The Hall–Kier alpha value is -8.02. The first-order chi connectivity index (χ1) is 29.3. The minimum atomic E-state index is 0.792. The Morgan fingerprint density at radius 3 is 1.56 bits per heavy atom. The number of benzene rings is 9. The molecule has 0 saturated carbocycles. The lowest BCUT2D eigenvalue weighted by Crippen LogP contribution is -2.04. The van der Waals surface area contributed by atoms with Gasteiger partial charge in [-0.05, 0) is 77.5 Å². The maximum Gasteiger partial charge on any atom is 0.165 e. The normalized spacial score (nSPS) is 12.1. The van der Waals surface area contributed by atoms with Crippen LogP contribution in [0.15, 0.2) is 200 Å². The molecule has 59 heavy (non-hydrogen) atoms. The van der Waals surface area contributed by atoms with Crippen LogP contribution in [0.3, 0.4) is 0 Å². The molecule has 0 amide bonds. The summed E-state index contributed by atoms with van der Waals surface area (Å²) in [6.45, 7) is 0. The van der Waals surface area contributed by atoms with Crippen LogP contribution in [0.5, 0.6) is 0 Å². The lowest BCUT2D eigenvalue weighted by Gasteiger charge is -2.15. The molecule has 0 bridgehead atoms. The van der Waals surface area contributed by atoms with Crippen LogP contribution in [0, 0.1) is 0 Å². The average Bonchev–Trinajstić information content (AvgIpc) is 3.94. The topological polar surface area (TPSA) is 40.6 Å². The third-order valence-electron chi connectivity index (χ3n) is 12.2. The summed E-state index contributed by atoms with van der Waals surface area (Å²) in [5, 5.41) is 9.67. The molecule has 274 valence electrons. The third kappa shape index (κ3) is 4.61. The highest BCUT2D eigenvalue weighted by Crippen LogP contribution is 2.42. The van der Waals surface area contributed by atoms with Gasteiger partial charge in [-0.15, -0.1) is 0 Å². The number of aromatic nitrogens is 5. The first-order valence-corrected chi connectivity index (χ1v) is 20.1. The molecule has 0 spiro atoms. The van der Waals surface area contributed by atoms with Gasteiger partial charge in [0, 0.05) is 49.3 Å². The minimum absolute atomic E-state index is 0.792. The average molecular weight is 752 g/mol. The Balaban J connectivity index is 1.16. The van der Waals surface area contributed by atoms with E-state index < -0.39 is 0 Å². The number of hydrogen-bond donors (Lipinski definition) is 0. The molecule has 13 aromatic rings. The summed E-state index contributed by atoms with van der Waals surface area (Å²) in [6, 6.07) is 71.8. The lowest BCUT2D eigenvalue weighted by molar-refractivity contribution is 1.08. The van der Waals surface area contributed by atoms with Crippen LogP contribution in [-0.4, -0.2) is 23.7 Å². The smallest absolute Gasteiger partial charge is 0.165 e. The highest BCUT2D eigenvalue weighted by atomic mass is 15.1. The molecule has 0 N–H and O–H groups in total. The van der Waals surface area contributed by atoms with Crippen LogP contribution >= 0.6 is 0 Å². The zero-order valence-electron chi connectivity index (χ0n) is 31.8. The largest absolute Gasteiger partial charge is 0.309 e. The fourth-order valence-corrected chi connectivity index (χ4v) is 9.66. The number of rotatable bonds is 4. The quantitative estimate of drug-likeness (QED) is 0.180. The molecule has 0 aliphatic rings. The Morgan fingerprint density at radius 1 is 0.305 bits per heavy atom. The maximum absolute atomic E-state index is 5.56. The maximum atomic E-state index is 5.56. The van der Waals surface area contributed by atoms with Crippen molar-refractivity contribution in [3.63, 3.8) is 0 Å². The highest BCUT2D eigenvalue weighted by molar-refractivity contribution is 6.22. The van der Waals surface area contributed by atoms with Gasteiger partial charge in [0.15, 0.2) is 5.82 Å². The second-order valence-electron chi connectivity index (χ2n) is 15.4. The van der Waals surface area contributed by atoms with Crippen molar-refractivity contribution in [2.45, 2.75) is 0 Å². The fourth-order valence-electron chi connectivity index (χ4n) is 9.66. The van der Waals surface area contributed by atoms with Gasteiger partial charge in [-0.2, -0.15) is 0 Å². The Bertz CT molecular complexity index is 3800. The molecule has 0 atom stereocenters. The van der Waals surface area contributed by atoms with Crippen molar-refractivity contribution in [2.24, 2.45) is 0 Å². The van der Waals surface area contributed by atoms with Crippen molar-refractivity contribution in [3.8, 4) is 28.5 Å². The van der Waals surface area contributed by atoms with Crippen molar-refractivity contribution >= 4 is 87.2 Å². The van der Waals surface area contributed by atoms with E-state index in [2.05, 4.69) is 202 Å². The van der Waals surface area contributed by atoms with Gasteiger partial charge in [0.25, 0.3) is 0 Å². The van der Waals surface area contributed by atoms with Crippen molar-refractivity contribution in [2.75, 3.05) is 0 Å². The monoisotopic (exact) mass is 751 g/mol. The summed E-state index contributed by atoms with van der Waals surface area (Å²) in [5.74, 6) is 0.792. The standard InChI is InChI=1S/C54H33N5/c1-2-15-36(16-3-1)57-46-23-11-8-20-41(46)42-29-26-35(32-50(42)57)53-54(56-45-22-10-9-21-44(45)55-53)59-49-31-27-34-14-4-5-17-38(34)52(49)43-30-28-37(33-51(43)59)58-47-24-12-6-18-39(47)40-19-7-13-25-48(40)58/h1-33H. The predicted octanol–water partition coefficient (Wildman–Crippen LogP) is 13.7. The molecular weight excluding hydrogens is 719 g/mol. The second kappa shape index (κ2) is 12.2. The SMILES string of the molecule is c1ccc(-n2c3ccccc3c3ccc(-c4nc5ccccc5nc4-n4c5cc(-n6c7ccccc7c7ccccc76)ccc5c5c6ccccc6ccc54)cc32)cc1. The second-order valence-corrected chi connectivity index (χ2v) is 15.4. The van der Waals surface area contributed by atoms with Crippen molar-refractivity contribution in [1.82, 2.24) is 23.7 Å². The summed E-state index contributed by atoms with van der Waals surface area (Å²) >= 11 is 0. The van der Waals surface area contributed by atoms with E-state index in [0.29, 0.717) is 0 Å². The molecule has 13 rings (SSSR count). The van der Waals surface area contributed by atoms with E-state index in [1.54, 1.807) is 0 Å². The molecule has 9 aromatic carbocycles. The van der Waals surface area contributed by atoms with E-state index in [0.717, 1.165) is 56.0 Å². The van der Waals surface area contributed by atoms with Crippen molar-refractivity contribution in [1.29, 1.82) is 0 Å². The third-order valence-corrected chi connectivity index (χ3v) is 12.2. The van der Waals surface area contributed by atoms with Gasteiger partial charge in [-0.25, -0.2) is 9.97 Å². The van der Waals surface area contributed by atoms with Crippen LogP contribution in [0.25, 0.3) is 116 Å². The van der Waals surface area contributed by atoms with Gasteiger partial charge in [0.05, 0.1) is 44.1 Å². The van der Waals surface area contributed by atoms with Gasteiger partial charge < -0.3 is 9.13 Å². The van der Waals surface area contributed by atoms with Gasteiger partial charge >= 0.3 is 0 Å². The van der Waals surface area contributed by atoms with E-state index in [-0.39, 0.29) is 0 Å². The van der Waals surface area contributed by atoms with E-state index >= 15 is 0 Å². The molecule has 0 fully saturated rings. The van der Waals surface area contributed by atoms with Crippen LogP contribution < -0.4 is 0 Å². The Labute approximate surface area is 338 Å². The highest BCUT2D eigenvalue weighted by Gasteiger charge is 2.23. The summed E-state index contributed by atoms with van der Waals surface area (Å²) in [6.07, 6.45) is 0. The summed E-state index contributed by atoms with van der Waals surface area (Å²) < 4.78 is 7.13. The van der Waals surface area contributed by atoms with Crippen LogP contribution in [0.1, 0.15) is 0 Å². The summed E-state index contributed by atoms with van der Waals surface area (Å²) in [4.78, 5) is 11.1. The first kappa shape index (κ1) is 32.1. The number of hydrogen-bond acceptors (Lipinski definition) is 2. The summed E-state index contributed by atoms with van der Waals surface area (Å²) in [7, 11) is 0. The molecule has 5 heteroatoms. The van der Waals surface area contributed by atoms with E-state index in [1.807, 2.05) is 12.1 Å². The Morgan fingerprint density at radius 2 is 0.847 bits per heavy atom. The zero-order chi connectivity index (χ0) is 38.6. The van der Waals surface area contributed by atoms with E-state index in [4.69, 9.17) is 9.97 Å². The van der Waals surface area contributed by atoms with Crippen molar-refractivity contribution in [3.05, 3.63) is 200 Å². The number of fused-ring (bicyclic) bond motifs is 12. The fraction of sp³-hybridized carbons (Fsp3) is 0. The molecule has 0 unspecified atom stereocenters. The van der Waals surface area contributed by atoms with Gasteiger partial charge in [0.2, 0.25) is 0 Å². The van der Waals surface area contributed by atoms with Crippen LogP contribution in [0.2, 0.25) is 0 Å². The minimum Gasteiger partial charge on any atom is -0.309 e. The lowest BCUT2D eigenvalue weighted by atomic mass is 10.0. The molecular formula is C54H33N5. The number of para-hydroxylation sites is 6. The van der Waals surface area contributed by atoms with Gasteiger partial charge in [-0.3, -0.25) is 4.57 Å². The summed E-state index contributed by atoms with van der Waals surface area (Å²) in [5.41, 5.74) is 12.5. The van der Waals surface area contributed by atoms with Gasteiger partial charge in [-0.1, -0.05) is 133 Å². The van der Waals surface area contributed by atoms with Gasteiger partial charge in [0.1, 0.15) is 5.69 Å². The van der Waals surface area contributed by atoms with Crippen molar-refractivity contribution < 1.29 is 0 Å². The molecule has 4 heterocycles. The predicted molar refractivity (Wildman–Crippen MR) is 245 cm³/mol. The molecule has 0 aliphatic carbocycles. The van der Waals surface area contributed by atoms with E-state index in [9.17, 15) is 0 Å². The molecule has 4 aromatic heterocycles. The molecule has 0 saturated heterocycles. The van der Waals surface area contributed by atoms with Crippen LogP contribution in [-0.2, 0) is 0 Å². The first-order valence-electron chi connectivity index (χ1n) is 20.1. The van der Waals surface area contributed by atoms with E-state index in [1.165, 1.54) is 59.6 Å². The molecule has 0 aliphatic heterocycles. The molecule has 0 radical (unpaired) electrons. The van der Waals surface area contributed by atoms with Crippen LogP contribution in [0.4, 0.5) is 0 Å². The number of nitrogens with zero attached hydrogens (tertiary/aromatic N) is 5.